The summed E-state index contributed by atoms with van der Waals surface area (Å²) in [6, 6.07) is 19.3. The van der Waals surface area contributed by atoms with E-state index < -0.39 is 10.0 Å². The lowest BCUT2D eigenvalue weighted by Crippen LogP contribution is -2.25. The zero-order valence-corrected chi connectivity index (χ0v) is 22.0. The molecule has 0 aliphatic rings. The number of nitrogens with one attached hydrogen (secondary N) is 1. The highest BCUT2D eigenvalue weighted by Gasteiger charge is 2.20. The number of methoxy groups -OCH3 is 1. The van der Waals surface area contributed by atoms with Crippen molar-refractivity contribution >= 4 is 45.0 Å². The molecule has 182 valence electrons. The Morgan fingerprint density at radius 1 is 1.03 bits per heavy atom. The fourth-order valence-corrected chi connectivity index (χ4v) is 5.84. The Morgan fingerprint density at radius 3 is 2.46 bits per heavy atom. The van der Waals surface area contributed by atoms with Crippen LogP contribution in [0.5, 0.6) is 5.75 Å². The van der Waals surface area contributed by atoms with Crippen molar-refractivity contribution in [1.82, 2.24) is 19.5 Å². The largest absolute Gasteiger partial charge is 0.497 e. The molecule has 3 aromatic carbocycles. The van der Waals surface area contributed by atoms with Crippen LogP contribution >= 0.6 is 35.0 Å². The summed E-state index contributed by atoms with van der Waals surface area (Å²) in [6.07, 6.45) is 0. The van der Waals surface area contributed by atoms with Gasteiger partial charge in [-0.3, -0.25) is 4.57 Å². The quantitative estimate of drug-likeness (QED) is 0.271. The lowest BCUT2D eigenvalue weighted by molar-refractivity contribution is 0.414. The van der Waals surface area contributed by atoms with Gasteiger partial charge in [0, 0.05) is 10.8 Å². The molecule has 0 bridgehead atoms. The van der Waals surface area contributed by atoms with Gasteiger partial charge in [-0.05, 0) is 60.5 Å². The number of hydrogen-bond acceptors (Lipinski definition) is 6. The molecule has 0 amide bonds. The van der Waals surface area contributed by atoms with Crippen LogP contribution in [0.3, 0.4) is 0 Å². The minimum Gasteiger partial charge on any atom is -0.497 e. The number of thioether (sulfide) groups is 1. The third-order valence-corrected chi connectivity index (χ3v) is 8.19. The minimum atomic E-state index is -3.80. The number of aryl methyl sites for hydroxylation is 1. The molecule has 0 atom stereocenters. The van der Waals surface area contributed by atoms with Gasteiger partial charge in [0.2, 0.25) is 10.0 Å². The Bertz CT molecular complexity index is 1440. The number of nitrogens with zero attached hydrogens (tertiary/aromatic N) is 3. The summed E-state index contributed by atoms with van der Waals surface area (Å²) in [5.74, 6) is 1.61. The average molecular weight is 550 g/mol. The van der Waals surface area contributed by atoms with Gasteiger partial charge < -0.3 is 4.74 Å². The van der Waals surface area contributed by atoms with Crippen LogP contribution in [0.1, 0.15) is 17.0 Å². The summed E-state index contributed by atoms with van der Waals surface area (Å²) in [5.41, 5.74) is 2.94. The third kappa shape index (κ3) is 5.99. The summed E-state index contributed by atoms with van der Waals surface area (Å²) in [6.45, 7) is 1.96. The molecule has 0 spiro atoms. The standard InChI is InChI=1S/C24H22Cl2N4O3S2/c1-16-5-3-4-6-17(16)15-34-24-29-28-23(30(24)22-12-7-18(25)13-21(22)26)14-27-35(31,32)20-10-8-19(33-2)9-11-20/h3-13,27H,14-15H2,1-2H3. The zero-order chi connectivity index (χ0) is 25.0. The molecular formula is C24H22Cl2N4O3S2. The molecule has 0 fully saturated rings. The van der Waals surface area contributed by atoms with E-state index in [0.717, 1.165) is 5.56 Å². The summed E-state index contributed by atoms with van der Waals surface area (Å²) >= 11 is 14.1. The highest BCUT2D eigenvalue weighted by molar-refractivity contribution is 7.98. The van der Waals surface area contributed by atoms with E-state index in [1.807, 2.05) is 12.1 Å². The van der Waals surface area contributed by atoms with Crippen molar-refractivity contribution in [2.24, 2.45) is 0 Å². The topological polar surface area (TPSA) is 86.1 Å². The molecule has 0 saturated carbocycles. The molecule has 0 saturated heterocycles. The Labute approximate surface area is 218 Å². The molecule has 7 nitrogen and oxygen atoms in total. The van der Waals surface area contributed by atoms with E-state index in [4.69, 9.17) is 27.9 Å². The monoisotopic (exact) mass is 548 g/mol. The molecule has 0 aliphatic carbocycles. The predicted molar refractivity (Wildman–Crippen MR) is 139 cm³/mol. The fourth-order valence-electron chi connectivity index (χ4n) is 3.32. The van der Waals surface area contributed by atoms with E-state index in [9.17, 15) is 8.42 Å². The van der Waals surface area contributed by atoms with Crippen LogP contribution in [0.25, 0.3) is 5.69 Å². The Morgan fingerprint density at radius 2 is 1.77 bits per heavy atom. The summed E-state index contributed by atoms with van der Waals surface area (Å²) < 4.78 is 35.2. The van der Waals surface area contributed by atoms with Gasteiger partial charge in [-0.25, -0.2) is 13.1 Å². The average Bonchev–Trinajstić information content (AvgIpc) is 3.25. The summed E-state index contributed by atoms with van der Waals surface area (Å²) in [7, 11) is -2.28. The fraction of sp³-hybridized carbons (Fsp3) is 0.167. The van der Waals surface area contributed by atoms with Gasteiger partial charge >= 0.3 is 0 Å². The van der Waals surface area contributed by atoms with Crippen LogP contribution in [0.4, 0.5) is 0 Å². The smallest absolute Gasteiger partial charge is 0.240 e. The van der Waals surface area contributed by atoms with Crippen molar-refractivity contribution in [3.05, 3.63) is 93.7 Å². The normalized spacial score (nSPS) is 11.5. The van der Waals surface area contributed by atoms with E-state index in [2.05, 4.69) is 34.0 Å². The van der Waals surface area contributed by atoms with Gasteiger partial charge in [-0.2, -0.15) is 0 Å². The molecule has 0 aliphatic heterocycles. The maximum absolute atomic E-state index is 12.9. The lowest BCUT2D eigenvalue weighted by Gasteiger charge is -2.13. The van der Waals surface area contributed by atoms with Crippen molar-refractivity contribution in [2.75, 3.05) is 7.11 Å². The molecule has 0 unspecified atom stereocenters. The van der Waals surface area contributed by atoms with Crippen molar-refractivity contribution in [3.8, 4) is 11.4 Å². The van der Waals surface area contributed by atoms with Gasteiger partial charge in [0.05, 0.1) is 29.3 Å². The highest BCUT2D eigenvalue weighted by Crippen LogP contribution is 2.31. The number of sulfonamides is 1. The summed E-state index contributed by atoms with van der Waals surface area (Å²) in [5, 5.41) is 10.1. The second-order valence-corrected chi connectivity index (χ2v) is 11.1. The summed E-state index contributed by atoms with van der Waals surface area (Å²) in [4.78, 5) is 0.114. The van der Waals surface area contributed by atoms with Crippen LogP contribution in [0, 0.1) is 6.92 Å². The maximum Gasteiger partial charge on any atom is 0.240 e. The first-order valence-corrected chi connectivity index (χ1v) is 13.7. The number of benzene rings is 3. The van der Waals surface area contributed by atoms with Crippen LogP contribution in [0.2, 0.25) is 10.0 Å². The Balaban J connectivity index is 1.64. The van der Waals surface area contributed by atoms with E-state index >= 15 is 0 Å². The zero-order valence-electron chi connectivity index (χ0n) is 18.9. The molecule has 0 radical (unpaired) electrons. The van der Waals surface area contributed by atoms with Gasteiger partial charge in [0.25, 0.3) is 0 Å². The first kappa shape index (κ1) is 25.5. The Kier molecular flexibility index (Phi) is 8.03. The van der Waals surface area contributed by atoms with Crippen molar-refractivity contribution in [1.29, 1.82) is 0 Å². The minimum absolute atomic E-state index is 0.0920. The van der Waals surface area contributed by atoms with Gasteiger partial charge in [-0.1, -0.05) is 59.2 Å². The Hall–Kier alpha value is -2.56. The van der Waals surface area contributed by atoms with Crippen LogP contribution in [-0.4, -0.2) is 30.3 Å². The molecule has 4 rings (SSSR count). The molecule has 1 N–H and O–H groups in total. The molecule has 35 heavy (non-hydrogen) atoms. The van der Waals surface area contributed by atoms with Crippen molar-refractivity contribution < 1.29 is 13.2 Å². The molecule has 1 heterocycles. The number of aromatic nitrogens is 3. The SMILES string of the molecule is COc1ccc(S(=O)(=O)NCc2nnc(SCc3ccccc3C)n2-c2ccc(Cl)cc2Cl)cc1. The second-order valence-electron chi connectivity index (χ2n) is 7.55. The first-order valence-electron chi connectivity index (χ1n) is 10.5. The van der Waals surface area contributed by atoms with Crippen molar-refractivity contribution in [3.63, 3.8) is 0 Å². The number of halogens is 2. The maximum atomic E-state index is 12.9. The molecule has 11 heteroatoms. The van der Waals surface area contributed by atoms with E-state index in [1.54, 1.807) is 34.9 Å². The van der Waals surface area contributed by atoms with E-state index in [1.165, 1.54) is 36.6 Å². The van der Waals surface area contributed by atoms with Crippen LogP contribution in [0.15, 0.2) is 76.8 Å². The third-order valence-electron chi connectivity index (χ3n) is 5.26. The second kappa shape index (κ2) is 11.0. The molecule has 1 aromatic heterocycles. The van der Waals surface area contributed by atoms with E-state index in [0.29, 0.717) is 38.2 Å². The molecular weight excluding hydrogens is 527 g/mol. The van der Waals surface area contributed by atoms with Gasteiger partial charge in [0.1, 0.15) is 5.75 Å². The number of hydrogen-bond donors (Lipinski definition) is 1. The van der Waals surface area contributed by atoms with Gasteiger partial charge in [0.15, 0.2) is 11.0 Å². The predicted octanol–water partition coefficient (Wildman–Crippen LogP) is 5.66. The van der Waals surface area contributed by atoms with Crippen molar-refractivity contribution in [2.45, 2.75) is 29.3 Å². The first-order chi connectivity index (χ1) is 16.8. The molecule has 4 aromatic rings. The highest BCUT2D eigenvalue weighted by atomic mass is 35.5. The lowest BCUT2D eigenvalue weighted by atomic mass is 10.1. The number of ether oxygens (including phenoxy) is 1. The van der Waals surface area contributed by atoms with Gasteiger partial charge in [-0.15, -0.1) is 10.2 Å². The number of rotatable bonds is 9. The van der Waals surface area contributed by atoms with Crippen LogP contribution in [-0.2, 0) is 22.3 Å². The van der Waals surface area contributed by atoms with Crippen LogP contribution < -0.4 is 9.46 Å². The van der Waals surface area contributed by atoms with E-state index in [-0.39, 0.29) is 11.4 Å².